The van der Waals surface area contributed by atoms with Crippen LogP contribution in [0.3, 0.4) is 0 Å². The number of hydrogen-bond donors (Lipinski definition) is 3. The fraction of sp³-hybridized carbons (Fsp3) is 0.111. The maximum atomic E-state index is 13.6. The lowest BCUT2D eigenvalue weighted by molar-refractivity contribution is -0.135. The molecule has 0 aliphatic rings. The van der Waals surface area contributed by atoms with Crippen molar-refractivity contribution in [3.05, 3.63) is 81.2 Å². The van der Waals surface area contributed by atoms with Gasteiger partial charge in [0.15, 0.2) is 5.03 Å². The van der Waals surface area contributed by atoms with Crippen molar-refractivity contribution in [2.45, 2.75) is 10.9 Å². The molecule has 0 fully saturated rings. The lowest BCUT2D eigenvalue weighted by atomic mass is 9.90. The van der Waals surface area contributed by atoms with Crippen molar-refractivity contribution in [3.63, 3.8) is 0 Å². The summed E-state index contributed by atoms with van der Waals surface area (Å²) in [6.07, 6.45) is 1.00. The molecule has 2 aromatic carbocycles. The summed E-state index contributed by atoms with van der Waals surface area (Å²) in [4.78, 5) is 17.3. The van der Waals surface area contributed by atoms with Crippen LogP contribution in [0.25, 0.3) is 0 Å². The molecular weight excluding hydrogens is 463 g/mol. The topological polar surface area (TPSA) is 112 Å². The van der Waals surface area contributed by atoms with Gasteiger partial charge in [-0.1, -0.05) is 35.3 Å². The Kier molecular flexibility index (Phi) is 6.41. The molecule has 0 saturated carbocycles. The molecule has 3 N–H and O–H groups in total. The highest BCUT2D eigenvalue weighted by atomic mass is 35.5. The number of aromatic amines is 1. The monoisotopic (exact) mass is 475 g/mol. The summed E-state index contributed by atoms with van der Waals surface area (Å²) >= 11 is 11.8. The van der Waals surface area contributed by atoms with Crippen molar-refractivity contribution in [2.24, 2.45) is 0 Å². The number of imidazole rings is 1. The normalized spacial score (nSPS) is 11.8. The van der Waals surface area contributed by atoms with Crippen molar-refractivity contribution < 1.29 is 27.1 Å². The fourth-order valence-electron chi connectivity index (χ4n) is 2.73. The van der Waals surface area contributed by atoms with Crippen LogP contribution in [0.2, 0.25) is 10.0 Å². The molecule has 0 spiro atoms. The minimum Gasteiger partial charge on any atom is -0.480 e. The van der Waals surface area contributed by atoms with Crippen molar-refractivity contribution in [3.8, 4) is 0 Å². The van der Waals surface area contributed by atoms with Crippen LogP contribution in [0.1, 0.15) is 22.9 Å². The Morgan fingerprint density at radius 2 is 1.63 bits per heavy atom. The number of nitrogens with one attached hydrogen (secondary N) is 2. The Morgan fingerprint density at radius 3 is 2.10 bits per heavy atom. The van der Waals surface area contributed by atoms with Gasteiger partial charge in [-0.25, -0.2) is 22.2 Å². The van der Waals surface area contributed by atoms with E-state index < -0.39 is 40.1 Å². The number of nitrogens with zero attached hydrogens (tertiary/aromatic N) is 1. The van der Waals surface area contributed by atoms with Gasteiger partial charge in [0.25, 0.3) is 10.0 Å². The average molecular weight is 476 g/mol. The summed E-state index contributed by atoms with van der Waals surface area (Å²) in [5.41, 5.74) is 0.863. The number of halogens is 4. The SMILES string of the molecule is O=C(O)CNS(=O)(=O)c1cnc(C(c2ccc(F)c(Cl)c2)c2ccc(F)c(Cl)c2)[nH]1. The van der Waals surface area contributed by atoms with Crippen molar-refractivity contribution in [1.29, 1.82) is 0 Å². The maximum absolute atomic E-state index is 13.6. The van der Waals surface area contributed by atoms with Crippen molar-refractivity contribution in [1.82, 2.24) is 14.7 Å². The Hall–Kier alpha value is -2.53. The number of carbonyl (C=O) groups is 1. The van der Waals surface area contributed by atoms with Crippen LogP contribution < -0.4 is 4.72 Å². The predicted octanol–water partition coefficient (Wildman–Crippen LogP) is 3.54. The first-order valence-electron chi connectivity index (χ1n) is 8.24. The van der Waals surface area contributed by atoms with E-state index in [2.05, 4.69) is 9.97 Å². The maximum Gasteiger partial charge on any atom is 0.318 e. The van der Waals surface area contributed by atoms with E-state index in [0.717, 1.165) is 18.3 Å². The number of H-pyrrole nitrogens is 1. The van der Waals surface area contributed by atoms with Gasteiger partial charge >= 0.3 is 5.97 Å². The van der Waals surface area contributed by atoms with Crippen LogP contribution in [-0.2, 0) is 14.8 Å². The number of sulfonamides is 1. The Labute approximate surface area is 179 Å². The minimum atomic E-state index is -4.18. The molecule has 0 bridgehead atoms. The first-order valence-corrected chi connectivity index (χ1v) is 10.5. The lowest BCUT2D eigenvalue weighted by Gasteiger charge is -2.17. The Morgan fingerprint density at radius 1 is 1.10 bits per heavy atom. The average Bonchev–Trinajstić information content (AvgIpc) is 3.17. The van der Waals surface area contributed by atoms with Gasteiger partial charge in [0, 0.05) is 0 Å². The van der Waals surface area contributed by atoms with E-state index in [1.807, 2.05) is 4.72 Å². The lowest BCUT2D eigenvalue weighted by Crippen LogP contribution is -2.29. The number of hydrogen-bond acceptors (Lipinski definition) is 4. The van der Waals surface area contributed by atoms with E-state index in [-0.39, 0.29) is 20.9 Å². The third kappa shape index (κ3) is 4.78. The molecular formula is C18H13Cl2F2N3O4S. The van der Waals surface area contributed by atoms with E-state index in [4.69, 9.17) is 28.3 Å². The minimum absolute atomic E-state index is 0.107. The smallest absolute Gasteiger partial charge is 0.318 e. The second-order valence-corrected chi connectivity index (χ2v) is 8.68. The zero-order chi connectivity index (χ0) is 22.1. The summed E-state index contributed by atoms with van der Waals surface area (Å²) in [6.45, 7) is -0.818. The Bertz CT molecular complexity index is 1170. The molecule has 0 unspecified atom stereocenters. The van der Waals surface area contributed by atoms with Crippen LogP contribution in [-0.4, -0.2) is 36.0 Å². The molecule has 0 radical (unpaired) electrons. The zero-order valence-electron chi connectivity index (χ0n) is 14.9. The highest BCUT2D eigenvalue weighted by Crippen LogP contribution is 2.34. The van der Waals surface area contributed by atoms with E-state index in [0.29, 0.717) is 11.1 Å². The van der Waals surface area contributed by atoms with Crippen molar-refractivity contribution >= 4 is 39.2 Å². The first kappa shape index (κ1) is 22.2. The third-order valence-corrected chi connectivity index (χ3v) is 5.99. The van der Waals surface area contributed by atoms with Crippen LogP contribution in [0, 0.1) is 11.6 Å². The number of aromatic nitrogens is 2. The molecule has 0 aliphatic heterocycles. The van der Waals surface area contributed by atoms with Crippen LogP contribution in [0.5, 0.6) is 0 Å². The molecule has 0 atom stereocenters. The molecule has 1 aromatic heterocycles. The van der Waals surface area contributed by atoms with Gasteiger partial charge in [0.2, 0.25) is 0 Å². The van der Waals surface area contributed by atoms with Gasteiger partial charge in [0.1, 0.15) is 24.0 Å². The standard InChI is InChI=1S/C18H13Cl2F2N3O4S/c19-11-5-9(1-3-13(11)21)17(10-2-4-14(22)12(20)6-10)18-23-7-15(25-18)30(28,29)24-8-16(26)27/h1-7,17,24H,8H2,(H,23,25)(H,26,27). The van der Waals surface area contributed by atoms with Gasteiger partial charge in [-0.15, -0.1) is 0 Å². The zero-order valence-corrected chi connectivity index (χ0v) is 17.2. The predicted molar refractivity (Wildman–Crippen MR) is 105 cm³/mol. The van der Waals surface area contributed by atoms with Crippen molar-refractivity contribution in [2.75, 3.05) is 6.54 Å². The second kappa shape index (κ2) is 8.68. The molecule has 0 aliphatic carbocycles. The Balaban J connectivity index is 2.09. The summed E-state index contributed by atoms with van der Waals surface area (Å²) < 4.78 is 53.7. The summed E-state index contributed by atoms with van der Waals surface area (Å²) in [7, 11) is -4.18. The first-order chi connectivity index (χ1) is 14.1. The number of aliphatic carboxylic acids is 1. The van der Waals surface area contributed by atoms with Crippen LogP contribution in [0.4, 0.5) is 8.78 Å². The largest absolute Gasteiger partial charge is 0.480 e. The van der Waals surface area contributed by atoms with Gasteiger partial charge in [-0.3, -0.25) is 4.79 Å². The molecule has 7 nitrogen and oxygen atoms in total. The third-order valence-electron chi connectivity index (χ3n) is 4.10. The summed E-state index contributed by atoms with van der Waals surface area (Å²) in [6, 6.07) is 7.76. The number of rotatable bonds is 7. The summed E-state index contributed by atoms with van der Waals surface area (Å²) in [5, 5.41) is 7.94. The molecule has 3 aromatic rings. The fourth-order valence-corrected chi connectivity index (χ4v) is 4.01. The highest BCUT2D eigenvalue weighted by Gasteiger charge is 2.25. The quantitative estimate of drug-likeness (QED) is 0.483. The van der Waals surface area contributed by atoms with E-state index in [1.165, 1.54) is 24.3 Å². The number of carboxylic acid groups (broad SMARTS) is 1. The molecule has 3 rings (SSSR count). The summed E-state index contributed by atoms with van der Waals surface area (Å²) in [5.74, 6) is -3.37. The van der Waals surface area contributed by atoms with E-state index in [9.17, 15) is 22.0 Å². The van der Waals surface area contributed by atoms with E-state index in [1.54, 1.807) is 0 Å². The van der Waals surface area contributed by atoms with Gasteiger partial charge in [0.05, 0.1) is 22.2 Å². The van der Waals surface area contributed by atoms with Gasteiger partial charge < -0.3 is 10.1 Å². The molecule has 0 saturated heterocycles. The number of carboxylic acids is 1. The molecule has 0 amide bonds. The molecule has 12 heteroatoms. The highest BCUT2D eigenvalue weighted by molar-refractivity contribution is 7.89. The van der Waals surface area contributed by atoms with E-state index >= 15 is 0 Å². The molecule has 158 valence electrons. The number of benzene rings is 2. The molecule has 1 heterocycles. The van der Waals surface area contributed by atoms with Gasteiger partial charge in [-0.05, 0) is 35.4 Å². The van der Waals surface area contributed by atoms with Crippen LogP contribution >= 0.6 is 23.2 Å². The van der Waals surface area contributed by atoms with Gasteiger partial charge in [-0.2, -0.15) is 4.72 Å². The molecule has 30 heavy (non-hydrogen) atoms. The van der Waals surface area contributed by atoms with Crippen LogP contribution in [0.15, 0.2) is 47.6 Å². The second-order valence-electron chi connectivity index (χ2n) is 6.13.